The van der Waals surface area contributed by atoms with Crippen LogP contribution in [0.5, 0.6) is 5.75 Å². The standard InChI is InChI=1S/C21H19NO5S/c23-21(24)15-22(28(25,26)18-11-5-2-6-12-18)19-13-7-8-14-20(19)27-16-17-9-3-1-4-10-17/h1-14H,15-16H2,(H,23,24). The van der Waals surface area contributed by atoms with E-state index in [9.17, 15) is 18.3 Å². The van der Waals surface area contributed by atoms with E-state index in [1.807, 2.05) is 30.3 Å². The molecule has 7 heteroatoms. The molecule has 0 heterocycles. The fourth-order valence-electron chi connectivity index (χ4n) is 2.66. The molecule has 0 aliphatic heterocycles. The molecule has 0 aromatic heterocycles. The Kier molecular flexibility index (Phi) is 5.96. The van der Waals surface area contributed by atoms with Gasteiger partial charge in [0.05, 0.1) is 10.6 Å². The van der Waals surface area contributed by atoms with Crippen molar-refractivity contribution in [1.82, 2.24) is 0 Å². The predicted molar refractivity (Wildman–Crippen MR) is 106 cm³/mol. The molecule has 0 saturated carbocycles. The van der Waals surface area contributed by atoms with Crippen LogP contribution in [0.4, 0.5) is 5.69 Å². The summed E-state index contributed by atoms with van der Waals surface area (Å²) in [6.07, 6.45) is 0. The number of sulfonamides is 1. The second-order valence-corrected chi connectivity index (χ2v) is 7.82. The third kappa shape index (κ3) is 4.50. The highest BCUT2D eigenvalue weighted by Crippen LogP contribution is 2.32. The fourth-order valence-corrected chi connectivity index (χ4v) is 4.11. The second kappa shape index (κ2) is 8.58. The lowest BCUT2D eigenvalue weighted by Gasteiger charge is -2.25. The molecule has 0 amide bonds. The van der Waals surface area contributed by atoms with Crippen LogP contribution in [0.3, 0.4) is 0 Å². The highest BCUT2D eigenvalue weighted by molar-refractivity contribution is 7.92. The van der Waals surface area contributed by atoms with Gasteiger partial charge in [0.15, 0.2) is 0 Å². The van der Waals surface area contributed by atoms with Crippen molar-refractivity contribution in [3.63, 3.8) is 0 Å². The minimum Gasteiger partial charge on any atom is -0.487 e. The summed E-state index contributed by atoms with van der Waals surface area (Å²) in [6.45, 7) is -0.493. The Hall–Kier alpha value is -3.32. The van der Waals surface area contributed by atoms with Crippen LogP contribution in [0.25, 0.3) is 0 Å². The summed E-state index contributed by atoms with van der Waals surface area (Å²) in [5.41, 5.74) is 1.08. The highest BCUT2D eigenvalue weighted by atomic mass is 32.2. The number of carboxylic acids is 1. The smallest absolute Gasteiger partial charge is 0.324 e. The van der Waals surface area contributed by atoms with E-state index >= 15 is 0 Å². The maximum Gasteiger partial charge on any atom is 0.324 e. The third-order valence-corrected chi connectivity index (χ3v) is 5.76. The largest absolute Gasteiger partial charge is 0.487 e. The van der Waals surface area contributed by atoms with Crippen LogP contribution in [-0.4, -0.2) is 26.0 Å². The van der Waals surface area contributed by atoms with Gasteiger partial charge in [-0.05, 0) is 29.8 Å². The Balaban J connectivity index is 1.98. The van der Waals surface area contributed by atoms with Crippen molar-refractivity contribution in [2.24, 2.45) is 0 Å². The average molecular weight is 397 g/mol. The molecule has 3 aromatic rings. The number of benzene rings is 3. The molecule has 1 N–H and O–H groups in total. The zero-order valence-electron chi connectivity index (χ0n) is 14.9. The van der Waals surface area contributed by atoms with Gasteiger partial charge in [-0.1, -0.05) is 60.7 Å². The Morgan fingerprint density at radius 1 is 0.857 bits per heavy atom. The Bertz CT molecular complexity index is 1040. The molecule has 0 unspecified atom stereocenters. The van der Waals surface area contributed by atoms with E-state index in [-0.39, 0.29) is 22.9 Å². The number of hydrogen-bond acceptors (Lipinski definition) is 4. The Labute approximate surface area is 163 Å². The molecule has 0 radical (unpaired) electrons. The van der Waals surface area contributed by atoms with E-state index in [1.54, 1.807) is 36.4 Å². The summed E-state index contributed by atoms with van der Waals surface area (Å²) >= 11 is 0. The van der Waals surface area contributed by atoms with E-state index in [0.29, 0.717) is 0 Å². The molecule has 0 fully saturated rings. The first-order chi connectivity index (χ1) is 13.5. The number of nitrogens with zero attached hydrogens (tertiary/aromatic N) is 1. The molecule has 144 valence electrons. The van der Waals surface area contributed by atoms with Crippen molar-refractivity contribution < 1.29 is 23.1 Å². The van der Waals surface area contributed by atoms with Gasteiger partial charge in [-0.25, -0.2) is 8.42 Å². The molecule has 28 heavy (non-hydrogen) atoms. The van der Waals surface area contributed by atoms with Gasteiger partial charge >= 0.3 is 5.97 Å². The van der Waals surface area contributed by atoms with Gasteiger partial charge in [-0.15, -0.1) is 0 Å². The number of rotatable bonds is 8. The normalized spacial score (nSPS) is 11.0. The van der Waals surface area contributed by atoms with Crippen LogP contribution in [0.2, 0.25) is 0 Å². The van der Waals surface area contributed by atoms with Gasteiger partial charge in [0.2, 0.25) is 0 Å². The van der Waals surface area contributed by atoms with Gasteiger partial charge in [-0.2, -0.15) is 0 Å². The maximum absolute atomic E-state index is 13.1. The number of hydrogen-bond donors (Lipinski definition) is 1. The zero-order chi connectivity index (χ0) is 20.0. The molecule has 0 aliphatic carbocycles. The summed E-state index contributed by atoms with van der Waals surface area (Å²) < 4.78 is 32.9. The van der Waals surface area contributed by atoms with Crippen LogP contribution in [0, 0.1) is 0 Å². The van der Waals surface area contributed by atoms with Crippen LogP contribution < -0.4 is 9.04 Å². The van der Waals surface area contributed by atoms with Crippen molar-refractivity contribution in [2.75, 3.05) is 10.8 Å². The van der Waals surface area contributed by atoms with Crippen molar-refractivity contribution >= 4 is 21.7 Å². The van der Waals surface area contributed by atoms with Crippen molar-refractivity contribution in [1.29, 1.82) is 0 Å². The van der Waals surface area contributed by atoms with Gasteiger partial charge < -0.3 is 9.84 Å². The fraction of sp³-hybridized carbons (Fsp3) is 0.0952. The molecular formula is C21H19NO5S. The van der Waals surface area contributed by atoms with Crippen molar-refractivity contribution in [3.8, 4) is 5.75 Å². The van der Waals surface area contributed by atoms with Crippen LogP contribution in [0.1, 0.15) is 5.56 Å². The molecule has 3 aromatic carbocycles. The number of anilines is 1. The summed E-state index contributed by atoms with van der Waals surface area (Å²) in [6, 6.07) is 23.6. The van der Waals surface area contributed by atoms with Crippen LogP contribution in [0.15, 0.2) is 89.8 Å². The number of para-hydroxylation sites is 2. The zero-order valence-corrected chi connectivity index (χ0v) is 15.7. The summed E-state index contributed by atoms with van der Waals surface area (Å²) in [7, 11) is -4.08. The van der Waals surface area contributed by atoms with Gasteiger partial charge in [0.1, 0.15) is 18.9 Å². The number of carboxylic acid groups (broad SMARTS) is 1. The second-order valence-electron chi connectivity index (χ2n) is 5.96. The number of aliphatic carboxylic acids is 1. The number of carbonyl (C=O) groups is 1. The van der Waals surface area contributed by atoms with E-state index in [4.69, 9.17) is 4.74 Å². The van der Waals surface area contributed by atoms with Crippen LogP contribution >= 0.6 is 0 Å². The molecule has 0 spiro atoms. The lowest BCUT2D eigenvalue weighted by Crippen LogP contribution is -2.36. The molecular weight excluding hydrogens is 378 g/mol. The Morgan fingerprint density at radius 3 is 2.07 bits per heavy atom. The average Bonchev–Trinajstić information content (AvgIpc) is 2.72. The predicted octanol–water partition coefficient (Wildman–Crippen LogP) is 3.55. The van der Waals surface area contributed by atoms with E-state index < -0.39 is 22.5 Å². The van der Waals surface area contributed by atoms with E-state index in [2.05, 4.69) is 0 Å². The lowest BCUT2D eigenvalue weighted by molar-refractivity contribution is -0.135. The Morgan fingerprint density at radius 2 is 1.43 bits per heavy atom. The van der Waals surface area contributed by atoms with Gasteiger partial charge in [-0.3, -0.25) is 9.10 Å². The van der Waals surface area contributed by atoms with Gasteiger partial charge in [0.25, 0.3) is 10.0 Å². The van der Waals surface area contributed by atoms with Gasteiger partial charge in [0, 0.05) is 0 Å². The monoisotopic (exact) mass is 397 g/mol. The summed E-state index contributed by atoms with van der Waals surface area (Å²) in [4.78, 5) is 11.4. The molecule has 6 nitrogen and oxygen atoms in total. The first-order valence-corrected chi connectivity index (χ1v) is 9.98. The van der Waals surface area contributed by atoms with Crippen molar-refractivity contribution in [3.05, 3.63) is 90.5 Å². The topological polar surface area (TPSA) is 83.9 Å². The molecule has 0 bridgehead atoms. The minimum atomic E-state index is -4.08. The highest BCUT2D eigenvalue weighted by Gasteiger charge is 2.29. The molecule has 3 rings (SSSR count). The number of ether oxygens (including phenoxy) is 1. The minimum absolute atomic E-state index is 0.00844. The molecule has 0 saturated heterocycles. The van der Waals surface area contributed by atoms with Crippen molar-refractivity contribution in [2.45, 2.75) is 11.5 Å². The van der Waals surface area contributed by atoms with Crippen LogP contribution in [-0.2, 0) is 21.4 Å². The first kappa shape index (κ1) is 19.4. The molecule has 0 atom stereocenters. The quantitative estimate of drug-likeness (QED) is 0.628. The molecule has 0 aliphatic rings. The SMILES string of the molecule is O=C(O)CN(c1ccccc1OCc1ccccc1)S(=O)(=O)c1ccccc1. The maximum atomic E-state index is 13.1. The first-order valence-electron chi connectivity index (χ1n) is 8.54. The van der Waals surface area contributed by atoms with E-state index in [1.165, 1.54) is 18.2 Å². The van der Waals surface area contributed by atoms with E-state index in [0.717, 1.165) is 9.87 Å². The summed E-state index contributed by atoms with van der Waals surface area (Å²) in [5.74, 6) is -0.982. The lowest BCUT2D eigenvalue weighted by atomic mass is 10.2. The third-order valence-electron chi connectivity index (χ3n) is 3.98. The summed E-state index contributed by atoms with van der Waals surface area (Å²) in [5, 5.41) is 9.31.